The highest BCUT2D eigenvalue weighted by molar-refractivity contribution is 9.10. The first kappa shape index (κ1) is 25.4. The number of hydrogen-bond acceptors (Lipinski definition) is 5. The number of halogens is 1. The first-order valence-electron chi connectivity index (χ1n) is 10.9. The zero-order valence-corrected chi connectivity index (χ0v) is 22.9. The maximum Gasteiger partial charge on any atom is 0.350 e. The average Bonchev–Trinajstić information content (AvgIpc) is 3.27. The molecule has 1 unspecified atom stereocenters. The molecule has 0 aliphatic carbocycles. The van der Waals surface area contributed by atoms with E-state index >= 15 is 0 Å². The number of aryl methyl sites for hydroxylation is 2. The van der Waals surface area contributed by atoms with E-state index in [9.17, 15) is 9.36 Å². The van der Waals surface area contributed by atoms with Gasteiger partial charge in [-0.2, -0.15) is 0 Å². The second-order valence-corrected chi connectivity index (χ2v) is 12.2. The van der Waals surface area contributed by atoms with Gasteiger partial charge in [0.2, 0.25) is 0 Å². The average molecular weight is 570 g/mol. The van der Waals surface area contributed by atoms with Gasteiger partial charge in [-0.1, -0.05) is 76.1 Å². The summed E-state index contributed by atoms with van der Waals surface area (Å²) in [6, 6.07) is 24.8. The minimum atomic E-state index is -3.52. The molecule has 0 saturated heterocycles. The summed E-state index contributed by atoms with van der Waals surface area (Å²) in [6.45, 7) is 4.02. The summed E-state index contributed by atoms with van der Waals surface area (Å²) in [5.41, 5.74) is 4.14. The minimum absolute atomic E-state index is 0.142. The summed E-state index contributed by atoms with van der Waals surface area (Å²) >= 11 is 4.74. The van der Waals surface area contributed by atoms with Crippen LogP contribution in [0, 0.1) is 13.8 Å². The van der Waals surface area contributed by atoms with Crippen LogP contribution < -0.4 is 10.4 Å². The number of ether oxygens (including phenoxy) is 1. The molecular weight excluding hydrogens is 545 g/mol. The molecule has 1 heterocycles. The number of thiophene rings is 1. The van der Waals surface area contributed by atoms with Crippen LogP contribution in [0.15, 0.2) is 83.3 Å². The molecule has 0 aliphatic heterocycles. The van der Waals surface area contributed by atoms with Gasteiger partial charge in [-0.15, -0.1) is 11.3 Å². The molecule has 0 amide bonds. The summed E-state index contributed by atoms with van der Waals surface area (Å²) in [5, 5.41) is 3.63. The Balaban J connectivity index is 1.71. The molecule has 1 aromatic heterocycles. The molecule has 4 rings (SSSR count). The van der Waals surface area contributed by atoms with Gasteiger partial charge in [0.15, 0.2) is 0 Å². The molecule has 0 saturated carbocycles. The maximum absolute atomic E-state index is 13.9. The van der Waals surface area contributed by atoms with Gasteiger partial charge in [0.1, 0.15) is 11.5 Å². The van der Waals surface area contributed by atoms with Gasteiger partial charge < -0.3 is 14.3 Å². The van der Waals surface area contributed by atoms with Gasteiger partial charge in [0.05, 0.1) is 11.0 Å². The minimum Gasteiger partial charge on any atom is -0.457 e. The number of carbonyl (C=O) groups is 1. The lowest BCUT2D eigenvalue weighted by Crippen LogP contribution is -2.17. The van der Waals surface area contributed by atoms with Crippen LogP contribution in [0.3, 0.4) is 0 Å². The fourth-order valence-electron chi connectivity index (χ4n) is 3.67. The van der Waals surface area contributed by atoms with E-state index < -0.39 is 13.5 Å². The molecule has 4 aromatic rings. The van der Waals surface area contributed by atoms with Crippen LogP contribution in [-0.4, -0.2) is 13.1 Å². The molecule has 0 radical (unpaired) electrons. The molecule has 0 fully saturated rings. The van der Waals surface area contributed by atoms with Gasteiger partial charge in [-0.3, -0.25) is 4.57 Å². The lowest BCUT2D eigenvalue weighted by atomic mass is 10.2. The predicted molar refractivity (Wildman–Crippen MR) is 147 cm³/mol. The molecule has 0 aliphatic rings. The molecule has 0 spiro atoms. The number of esters is 1. The van der Waals surface area contributed by atoms with Crippen molar-refractivity contribution in [2.24, 2.45) is 0 Å². The Morgan fingerprint density at radius 1 is 1.00 bits per heavy atom. The van der Waals surface area contributed by atoms with Crippen molar-refractivity contribution in [1.29, 1.82) is 0 Å². The van der Waals surface area contributed by atoms with Crippen LogP contribution in [0.2, 0.25) is 0 Å². The quantitative estimate of drug-likeness (QED) is 0.174. The fourth-order valence-corrected chi connectivity index (χ4v) is 6.72. The molecule has 180 valence electrons. The van der Waals surface area contributed by atoms with E-state index in [-0.39, 0.29) is 6.61 Å². The number of carbonyl (C=O) groups excluding carboxylic acids is 1. The van der Waals surface area contributed by atoms with E-state index in [4.69, 9.17) is 9.26 Å². The van der Waals surface area contributed by atoms with E-state index in [2.05, 4.69) is 21.0 Å². The first-order valence-corrected chi connectivity index (χ1v) is 14.1. The normalized spacial score (nSPS) is 12.7. The zero-order chi connectivity index (χ0) is 25.0. The van der Waals surface area contributed by atoms with E-state index in [0.29, 0.717) is 15.9 Å². The van der Waals surface area contributed by atoms with Crippen molar-refractivity contribution in [2.75, 3.05) is 12.2 Å². The molecule has 1 atom stereocenters. The summed E-state index contributed by atoms with van der Waals surface area (Å²) in [6.07, 6.45) is 0. The standard InChI is InChI=1S/C27H25BrNO4PS/c1-18-9-14-24(19(2)15-18)34(31,32-3)29-23-16-25(21-10-12-22(28)13-11-21)35-26(23)27(30)33-17-20-7-5-4-6-8-20/h4-16H,17H2,1-3H3,(H,29,31). The fraction of sp³-hybridized carbons (Fsp3) is 0.148. The molecule has 8 heteroatoms. The van der Waals surface area contributed by atoms with Crippen molar-refractivity contribution in [3.63, 3.8) is 0 Å². The van der Waals surface area contributed by atoms with Crippen molar-refractivity contribution in [3.05, 3.63) is 105 Å². The summed E-state index contributed by atoms with van der Waals surface area (Å²) in [7, 11) is -2.12. The third-order valence-corrected chi connectivity index (χ3v) is 9.33. The van der Waals surface area contributed by atoms with E-state index in [1.807, 2.05) is 86.6 Å². The van der Waals surface area contributed by atoms with E-state index in [1.54, 1.807) is 6.07 Å². The van der Waals surface area contributed by atoms with Gasteiger partial charge >= 0.3 is 13.5 Å². The number of nitrogens with one attached hydrogen (secondary N) is 1. The molecule has 3 aromatic carbocycles. The third kappa shape index (κ3) is 5.93. The lowest BCUT2D eigenvalue weighted by molar-refractivity contribution is 0.0479. The predicted octanol–water partition coefficient (Wildman–Crippen LogP) is 7.73. The summed E-state index contributed by atoms with van der Waals surface area (Å²) in [5.74, 6) is -0.493. The number of hydrogen-bond donors (Lipinski definition) is 1. The highest BCUT2D eigenvalue weighted by Crippen LogP contribution is 2.49. The highest BCUT2D eigenvalue weighted by atomic mass is 79.9. The topological polar surface area (TPSA) is 64.6 Å². The Morgan fingerprint density at radius 3 is 2.37 bits per heavy atom. The van der Waals surface area contributed by atoms with Crippen LogP contribution >= 0.6 is 34.8 Å². The number of anilines is 1. The van der Waals surface area contributed by atoms with Crippen LogP contribution in [-0.2, 0) is 20.4 Å². The third-order valence-electron chi connectivity index (χ3n) is 5.45. The molecule has 1 N–H and O–H groups in total. The Kier molecular flexibility index (Phi) is 7.92. The molecular formula is C27H25BrNO4PS. The van der Waals surface area contributed by atoms with Crippen molar-refractivity contribution in [3.8, 4) is 10.4 Å². The van der Waals surface area contributed by atoms with Crippen LogP contribution in [0.25, 0.3) is 10.4 Å². The number of benzene rings is 3. The SMILES string of the molecule is COP(=O)(Nc1cc(-c2ccc(Br)cc2)sc1C(=O)OCc1ccccc1)c1ccc(C)cc1C. The van der Waals surface area contributed by atoms with Crippen LogP contribution in [0.4, 0.5) is 5.69 Å². The van der Waals surface area contributed by atoms with E-state index in [0.717, 1.165) is 31.6 Å². The smallest absolute Gasteiger partial charge is 0.350 e. The lowest BCUT2D eigenvalue weighted by Gasteiger charge is -2.21. The summed E-state index contributed by atoms with van der Waals surface area (Å²) < 4.78 is 26.0. The Labute approximate surface area is 217 Å². The van der Waals surface area contributed by atoms with Gasteiger partial charge in [0, 0.05) is 16.5 Å². The van der Waals surface area contributed by atoms with Gasteiger partial charge in [-0.25, -0.2) is 4.79 Å². The highest BCUT2D eigenvalue weighted by Gasteiger charge is 2.30. The first-order chi connectivity index (χ1) is 16.8. The Bertz CT molecular complexity index is 1390. The zero-order valence-electron chi connectivity index (χ0n) is 19.6. The molecule has 35 heavy (non-hydrogen) atoms. The van der Waals surface area contributed by atoms with Crippen LogP contribution in [0.5, 0.6) is 0 Å². The molecule has 0 bridgehead atoms. The Morgan fingerprint density at radius 2 is 1.71 bits per heavy atom. The largest absolute Gasteiger partial charge is 0.457 e. The van der Waals surface area contributed by atoms with Gasteiger partial charge in [0.25, 0.3) is 0 Å². The number of rotatable bonds is 8. The molecule has 5 nitrogen and oxygen atoms in total. The maximum atomic E-state index is 13.9. The Hall–Kier alpha value is -2.70. The second-order valence-electron chi connectivity index (χ2n) is 8.06. The van der Waals surface area contributed by atoms with E-state index in [1.165, 1.54) is 18.4 Å². The van der Waals surface area contributed by atoms with Crippen molar-refractivity contribution >= 4 is 51.7 Å². The van der Waals surface area contributed by atoms with Crippen molar-refractivity contribution in [1.82, 2.24) is 0 Å². The van der Waals surface area contributed by atoms with Gasteiger partial charge in [-0.05, 0) is 54.8 Å². The van der Waals surface area contributed by atoms with Crippen molar-refractivity contribution < 1.29 is 18.6 Å². The van der Waals surface area contributed by atoms with Crippen molar-refractivity contribution in [2.45, 2.75) is 20.5 Å². The van der Waals surface area contributed by atoms with Crippen LogP contribution in [0.1, 0.15) is 26.4 Å². The monoisotopic (exact) mass is 569 g/mol. The second kappa shape index (κ2) is 10.9. The summed E-state index contributed by atoms with van der Waals surface area (Å²) in [4.78, 5) is 14.3.